The second-order valence-corrected chi connectivity index (χ2v) is 6.32. The molecule has 1 fully saturated rings. The molecule has 128 valence electrons. The maximum Gasteiger partial charge on any atom is 0.250 e. The average molecular weight is 327 g/mol. The Hall–Kier alpha value is -2.11. The van der Waals surface area contributed by atoms with Gasteiger partial charge in [0.05, 0.1) is 13.2 Å². The van der Waals surface area contributed by atoms with Crippen LogP contribution in [0.15, 0.2) is 42.5 Å². The van der Waals surface area contributed by atoms with Crippen molar-refractivity contribution in [1.82, 2.24) is 14.8 Å². The summed E-state index contributed by atoms with van der Waals surface area (Å²) < 4.78 is 7.76. The van der Waals surface area contributed by atoms with E-state index in [0.717, 1.165) is 18.8 Å². The molecule has 0 aliphatic carbocycles. The number of morpholine rings is 1. The molecular formula is C19H25N3O2. The number of aromatic nitrogens is 1. The molecule has 2 heterocycles. The minimum absolute atomic E-state index is 0.0355. The first-order chi connectivity index (χ1) is 11.6. The predicted octanol–water partition coefficient (Wildman–Crippen LogP) is 1.85. The molecule has 0 spiro atoms. The van der Waals surface area contributed by atoms with Crippen LogP contribution in [0.1, 0.15) is 17.0 Å². The Morgan fingerprint density at radius 2 is 2.04 bits per heavy atom. The summed E-state index contributed by atoms with van der Waals surface area (Å²) in [5.41, 5.74) is 3.54. The molecule has 24 heavy (non-hydrogen) atoms. The average Bonchev–Trinajstić information content (AvgIpc) is 2.93. The second kappa shape index (κ2) is 7.64. The van der Waals surface area contributed by atoms with Gasteiger partial charge in [0, 0.05) is 38.1 Å². The van der Waals surface area contributed by atoms with Gasteiger partial charge in [-0.25, -0.2) is 0 Å². The van der Waals surface area contributed by atoms with E-state index in [1.54, 1.807) is 0 Å². The molecule has 0 saturated carbocycles. The predicted molar refractivity (Wildman–Crippen MR) is 93.5 cm³/mol. The summed E-state index contributed by atoms with van der Waals surface area (Å²) >= 11 is 0. The quantitative estimate of drug-likeness (QED) is 0.912. The van der Waals surface area contributed by atoms with Gasteiger partial charge in [0.15, 0.2) is 0 Å². The molecule has 1 amide bonds. The van der Waals surface area contributed by atoms with E-state index in [1.165, 1.54) is 11.3 Å². The van der Waals surface area contributed by atoms with Gasteiger partial charge >= 0.3 is 0 Å². The fourth-order valence-electron chi connectivity index (χ4n) is 2.98. The van der Waals surface area contributed by atoms with E-state index in [4.69, 9.17) is 4.74 Å². The van der Waals surface area contributed by atoms with Crippen LogP contribution >= 0.6 is 0 Å². The van der Waals surface area contributed by atoms with E-state index in [-0.39, 0.29) is 5.91 Å². The van der Waals surface area contributed by atoms with Crippen molar-refractivity contribution in [3.8, 4) is 0 Å². The summed E-state index contributed by atoms with van der Waals surface area (Å²) in [5.74, 6) is -0.0355. The Labute approximate surface area is 143 Å². The van der Waals surface area contributed by atoms with Crippen LogP contribution in [0, 0.1) is 6.92 Å². The van der Waals surface area contributed by atoms with E-state index in [1.807, 2.05) is 31.3 Å². The molecule has 5 heteroatoms. The Balaban J connectivity index is 1.52. The van der Waals surface area contributed by atoms with Gasteiger partial charge in [-0.1, -0.05) is 30.3 Å². The van der Waals surface area contributed by atoms with Crippen molar-refractivity contribution in [2.75, 3.05) is 19.7 Å². The van der Waals surface area contributed by atoms with Gasteiger partial charge in [-0.3, -0.25) is 9.69 Å². The Bertz CT molecular complexity index is 681. The maximum absolute atomic E-state index is 12.4. The summed E-state index contributed by atoms with van der Waals surface area (Å²) in [6, 6.07) is 14.4. The third-order valence-corrected chi connectivity index (χ3v) is 4.61. The van der Waals surface area contributed by atoms with Gasteiger partial charge < -0.3 is 14.6 Å². The largest absolute Gasteiger partial charge is 0.366 e. The van der Waals surface area contributed by atoms with Crippen molar-refractivity contribution in [3.05, 3.63) is 59.4 Å². The van der Waals surface area contributed by atoms with E-state index < -0.39 is 6.10 Å². The highest BCUT2D eigenvalue weighted by molar-refractivity contribution is 5.81. The lowest BCUT2D eigenvalue weighted by atomic mass is 10.2. The molecule has 1 aliphatic heterocycles. The van der Waals surface area contributed by atoms with E-state index in [2.05, 4.69) is 39.9 Å². The fraction of sp³-hybridized carbons (Fsp3) is 0.421. The van der Waals surface area contributed by atoms with Crippen molar-refractivity contribution in [1.29, 1.82) is 0 Å². The molecule has 1 atom stereocenters. The fourth-order valence-corrected chi connectivity index (χ4v) is 2.98. The zero-order valence-corrected chi connectivity index (χ0v) is 14.4. The van der Waals surface area contributed by atoms with Crippen LogP contribution in [-0.2, 0) is 29.7 Å². The number of nitrogens with one attached hydrogen (secondary N) is 1. The van der Waals surface area contributed by atoms with Crippen molar-refractivity contribution in [2.24, 2.45) is 7.05 Å². The van der Waals surface area contributed by atoms with E-state index in [9.17, 15) is 4.79 Å². The zero-order chi connectivity index (χ0) is 16.9. The highest BCUT2D eigenvalue weighted by Gasteiger charge is 2.26. The number of hydrogen-bond acceptors (Lipinski definition) is 3. The van der Waals surface area contributed by atoms with E-state index >= 15 is 0 Å². The number of hydrogen-bond donors (Lipinski definition) is 1. The number of aryl methyl sites for hydroxylation is 1. The number of benzene rings is 1. The smallest absolute Gasteiger partial charge is 0.250 e. The third-order valence-electron chi connectivity index (χ3n) is 4.61. The van der Waals surface area contributed by atoms with Crippen LogP contribution in [0.5, 0.6) is 0 Å². The highest BCUT2D eigenvalue weighted by Crippen LogP contribution is 2.11. The van der Waals surface area contributed by atoms with Gasteiger partial charge in [-0.2, -0.15) is 0 Å². The number of rotatable bonds is 5. The molecule has 3 rings (SSSR count). The molecule has 0 unspecified atom stereocenters. The van der Waals surface area contributed by atoms with Crippen molar-refractivity contribution < 1.29 is 9.53 Å². The third kappa shape index (κ3) is 4.04. The first kappa shape index (κ1) is 16.7. The normalized spacial score (nSPS) is 18.5. The number of ether oxygens (including phenoxy) is 1. The second-order valence-electron chi connectivity index (χ2n) is 6.32. The summed E-state index contributed by atoms with van der Waals surface area (Å²) in [5, 5.41) is 3.00. The molecule has 0 bridgehead atoms. The topological polar surface area (TPSA) is 46.5 Å². The first-order valence-corrected chi connectivity index (χ1v) is 8.40. The van der Waals surface area contributed by atoms with Gasteiger partial charge in [0.1, 0.15) is 6.10 Å². The molecule has 5 nitrogen and oxygen atoms in total. The van der Waals surface area contributed by atoms with Gasteiger partial charge in [0.25, 0.3) is 5.91 Å². The monoisotopic (exact) mass is 327 g/mol. The minimum atomic E-state index is -0.399. The molecule has 1 saturated heterocycles. The summed E-state index contributed by atoms with van der Waals surface area (Å²) in [7, 11) is 2.01. The zero-order valence-electron chi connectivity index (χ0n) is 14.4. The summed E-state index contributed by atoms with van der Waals surface area (Å²) in [6.45, 7) is 5.51. The molecule has 1 aromatic carbocycles. The van der Waals surface area contributed by atoms with Crippen LogP contribution in [0.2, 0.25) is 0 Å². The van der Waals surface area contributed by atoms with Crippen molar-refractivity contribution in [3.63, 3.8) is 0 Å². The van der Waals surface area contributed by atoms with Crippen molar-refractivity contribution in [2.45, 2.75) is 26.1 Å². The van der Waals surface area contributed by atoms with Crippen LogP contribution in [-0.4, -0.2) is 41.2 Å². The summed E-state index contributed by atoms with van der Waals surface area (Å²) in [4.78, 5) is 14.7. The maximum atomic E-state index is 12.4. The number of amides is 1. The molecule has 2 aromatic rings. The van der Waals surface area contributed by atoms with Crippen LogP contribution in [0.25, 0.3) is 0 Å². The molecule has 1 aliphatic rings. The summed E-state index contributed by atoms with van der Waals surface area (Å²) in [6.07, 6.45) is -0.399. The highest BCUT2D eigenvalue weighted by atomic mass is 16.5. The van der Waals surface area contributed by atoms with Gasteiger partial charge in [0.2, 0.25) is 0 Å². The van der Waals surface area contributed by atoms with E-state index in [0.29, 0.717) is 19.7 Å². The Kier molecular flexibility index (Phi) is 5.33. The van der Waals surface area contributed by atoms with Gasteiger partial charge in [-0.05, 0) is 24.6 Å². The molecule has 0 radical (unpaired) electrons. The number of nitrogens with zero attached hydrogens (tertiary/aromatic N) is 2. The van der Waals surface area contributed by atoms with Crippen molar-refractivity contribution >= 4 is 5.91 Å². The Morgan fingerprint density at radius 3 is 2.75 bits per heavy atom. The molecule has 1 N–H and O–H groups in total. The van der Waals surface area contributed by atoms with Crippen LogP contribution in [0.4, 0.5) is 0 Å². The lowest BCUT2D eigenvalue weighted by Gasteiger charge is -2.32. The number of carbonyl (C=O) groups excluding carboxylic acids is 1. The van der Waals surface area contributed by atoms with Crippen LogP contribution < -0.4 is 5.32 Å². The molecule has 1 aromatic heterocycles. The van der Waals surface area contributed by atoms with Gasteiger partial charge in [-0.15, -0.1) is 0 Å². The Morgan fingerprint density at radius 1 is 1.25 bits per heavy atom. The van der Waals surface area contributed by atoms with Crippen LogP contribution in [0.3, 0.4) is 0 Å². The first-order valence-electron chi connectivity index (χ1n) is 8.40. The SMILES string of the molecule is Cc1ccc(CNC(=O)[C@@H]2CN(Cc3ccccc3)CCO2)n1C. The molecular weight excluding hydrogens is 302 g/mol. The standard InChI is InChI=1S/C19H25N3O2/c1-15-8-9-17(21(15)2)12-20-19(23)18-14-22(10-11-24-18)13-16-6-4-3-5-7-16/h3-9,18H,10-14H2,1-2H3,(H,20,23)/t18-/m0/s1. The lowest BCUT2D eigenvalue weighted by molar-refractivity contribution is -0.139. The lowest BCUT2D eigenvalue weighted by Crippen LogP contribution is -2.49. The number of carbonyl (C=O) groups is 1. The minimum Gasteiger partial charge on any atom is -0.366 e.